The van der Waals surface area contributed by atoms with Crippen LogP contribution >= 0.6 is 11.3 Å². The molecule has 0 bridgehead atoms. The third-order valence-electron chi connectivity index (χ3n) is 4.33. The Bertz CT molecular complexity index is 621. The van der Waals surface area contributed by atoms with Crippen LogP contribution in [0, 0.1) is 5.92 Å². The zero-order valence-corrected chi connectivity index (χ0v) is 12.8. The van der Waals surface area contributed by atoms with Crippen molar-refractivity contribution in [2.45, 2.75) is 45.1 Å². The molecule has 5 nitrogen and oxygen atoms in total. The van der Waals surface area contributed by atoms with Crippen molar-refractivity contribution in [3.8, 4) is 10.6 Å². The van der Waals surface area contributed by atoms with Crippen molar-refractivity contribution in [1.82, 2.24) is 15.0 Å². The Morgan fingerprint density at radius 2 is 2.38 bits per heavy atom. The van der Waals surface area contributed by atoms with Gasteiger partial charge in [-0.15, -0.1) is 16.4 Å². The second-order valence-electron chi connectivity index (χ2n) is 5.61. The minimum atomic E-state index is -1.01. The zero-order chi connectivity index (χ0) is 14.8. The van der Waals surface area contributed by atoms with Gasteiger partial charge < -0.3 is 5.11 Å². The molecule has 2 heterocycles. The predicted molar refractivity (Wildman–Crippen MR) is 81.6 cm³/mol. The molecule has 0 aromatic carbocycles. The third kappa shape index (κ3) is 2.72. The number of thiophene rings is 1. The Morgan fingerprint density at radius 1 is 1.52 bits per heavy atom. The van der Waals surface area contributed by atoms with E-state index in [0.29, 0.717) is 11.6 Å². The average molecular weight is 305 g/mol. The lowest BCUT2D eigenvalue weighted by Crippen LogP contribution is -2.20. The van der Waals surface area contributed by atoms with Gasteiger partial charge in [0, 0.05) is 0 Å². The first-order valence-corrected chi connectivity index (χ1v) is 8.31. The van der Waals surface area contributed by atoms with E-state index in [1.54, 1.807) is 0 Å². The van der Waals surface area contributed by atoms with Crippen LogP contribution < -0.4 is 0 Å². The molecule has 0 radical (unpaired) electrons. The van der Waals surface area contributed by atoms with Gasteiger partial charge in [-0.25, -0.2) is 9.48 Å². The summed E-state index contributed by atoms with van der Waals surface area (Å²) >= 11 is 1.53. The fraction of sp³-hybridized carbons (Fsp3) is 0.533. The van der Waals surface area contributed by atoms with Crippen LogP contribution in [0.3, 0.4) is 0 Å². The van der Waals surface area contributed by atoms with E-state index in [4.69, 9.17) is 0 Å². The number of nitrogens with zero attached hydrogens (tertiary/aromatic N) is 3. The molecule has 2 atom stereocenters. The molecular formula is C15H19N3O2S. The molecule has 0 aliphatic heterocycles. The van der Waals surface area contributed by atoms with Crippen LogP contribution in [0.4, 0.5) is 0 Å². The van der Waals surface area contributed by atoms with Crippen molar-refractivity contribution in [2.75, 3.05) is 0 Å². The van der Waals surface area contributed by atoms with Crippen LogP contribution in [0.5, 0.6) is 0 Å². The highest BCUT2D eigenvalue weighted by atomic mass is 32.1. The highest BCUT2D eigenvalue weighted by Crippen LogP contribution is 2.37. The smallest absolute Gasteiger partial charge is 0.358 e. The lowest BCUT2D eigenvalue weighted by Gasteiger charge is -2.29. The lowest BCUT2D eigenvalue weighted by molar-refractivity contribution is 0.0691. The van der Waals surface area contributed by atoms with Crippen LogP contribution in [-0.2, 0) is 0 Å². The standard InChI is InChI=1S/C15H19N3O2S/c1-2-10-5-3-6-11(9-10)18-14(12-7-4-8-21-12)13(15(19)20)16-17-18/h4,7-8,10-11H,2-3,5-6,9H2,1H3,(H,19,20). The van der Waals surface area contributed by atoms with E-state index < -0.39 is 5.97 Å². The van der Waals surface area contributed by atoms with Crippen molar-refractivity contribution in [1.29, 1.82) is 0 Å². The summed E-state index contributed by atoms with van der Waals surface area (Å²) in [6.07, 6.45) is 5.73. The van der Waals surface area contributed by atoms with Gasteiger partial charge in [-0.3, -0.25) is 0 Å². The topological polar surface area (TPSA) is 68.0 Å². The third-order valence-corrected chi connectivity index (χ3v) is 5.21. The van der Waals surface area contributed by atoms with Crippen LogP contribution in [0.15, 0.2) is 17.5 Å². The Hall–Kier alpha value is -1.69. The Morgan fingerprint density at radius 3 is 3.05 bits per heavy atom. The maximum Gasteiger partial charge on any atom is 0.358 e. The summed E-state index contributed by atoms with van der Waals surface area (Å²) in [4.78, 5) is 12.3. The molecule has 3 rings (SSSR count). The maximum atomic E-state index is 11.4. The van der Waals surface area contributed by atoms with Crippen molar-refractivity contribution >= 4 is 17.3 Å². The number of rotatable bonds is 4. The molecule has 1 aliphatic carbocycles. The Kier molecular flexibility index (Phi) is 4.05. The van der Waals surface area contributed by atoms with Crippen molar-refractivity contribution in [3.63, 3.8) is 0 Å². The SMILES string of the molecule is CCC1CCCC(n2nnc(C(=O)O)c2-c2cccs2)C1. The maximum absolute atomic E-state index is 11.4. The van der Waals surface area contributed by atoms with E-state index >= 15 is 0 Å². The van der Waals surface area contributed by atoms with Gasteiger partial charge >= 0.3 is 5.97 Å². The van der Waals surface area contributed by atoms with Crippen LogP contribution in [0.1, 0.15) is 55.6 Å². The first-order valence-electron chi connectivity index (χ1n) is 7.43. The largest absolute Gasteiger partial charge is 0.476 e. The van der Waals surface area contributed by atoms with Gasteiger partial charge in [0.15, 0.2) is 5.69 Å². The Labute approximate surface area is 127 Å². The second-order valence-corrected chi connectivity index (χ2v) is 6.56. The molecule has 0 spiro atoms. The van der Waals surface area contributed by atoms with E-state index in [0.717, 1.165) is 17.7 Å². The van der Waals surface area contributed by atoms with Gasteiger partial charge in [-0.05, 0) is 30.2 Å². The molecule has 2 unspecified atom stereocenters. The molecule has 1 aliphatic rings. The van der Waals surface area contributed by atoms with Gasteiger partial charge in [-0.2, -0.15) is 0 Å². The van der Waals surface area contributed by atoms with E-state index in [2.05, 4.69) is 17.2 Å². The number of aromatic nitrogens is 3. The van der Waals surface area contributed by atoms with Crippen LogP contribution in [0.25, 0.3) is 10.6 Å². The summed E-state index contributed by atoms with van der Waals surface area (Å²) in [5.74, 6) is -0.301. The molecule has 1 saturated carbocycles. The first kappa shape index (κ1) is 14.3. The van der Waals surface area contributed by atoms with Gasteiger partial charge in [0.2, 0.25) is 0 Å². The molecule has 0 saturated heterocycles. The Balaban J connectivity index is 2.01. The number of carboxylic acids is 1. The summed E-state index contributed by atoms with van der Waals surface area (Å²) in [5, 5.41) is 19.4. The number of aromatic carboxylic acids is 1. The van der Waals surface area contributed by atoms with Crippen molar-refractivity contribution < 1.29 is 9.90 Å². The molecule has 2 aromatic heterocycles. The molecule has 2 aromatic rings. The summed E-state index contributed by atoms with van der Waals surface area (Å²) in [7, 11) is 0. The predicted octanol–water partition coefficient (Wildman–Crippen LogP) is 3.85. The van der Waals surface area contributed by atoms with Gasteiger partial charge in [0.25, 0.3) is 0 Å². The number of hydrogen-bond acceptors (Lipinski definition) is 4. The average Bonchev–Trinajstić information content (AvgIpc) is 3.15. The summed E-state index contributed by atoms with van der Waals surface area (Å²) in [6, 6.07) is 4.13. The van der Waals surface area contributed by atoms with Crippen LogP contribution in [-0.4, -0.2) is 26.1 Å². The molecule has 1 fully saturated rings. The molecule has 0 amide bonds. The molecule has 112 valence electrons. The van der Waals surface area contributed by atoms with E-state index in [9.17, 15) is 9.90 Å². The lowest BCUT2D eigenvalue weighted by atomic mass is 9.84. The first-order chi connectivity index (χ1) is 10.2. The fourth-order valence-corrected chi connectivity index (χ4v) is 3.95. The normalized spacial score (nSPS) is 22.3. The van der Waals surface area contributed by atoms with E-state index in [1.165, 1.54) is 30.6 Å². The monoisotopic (exact) mass is 305 g/mol. The van der Waals surface area contributed by atoms with Gasteiger partial charge in [0.1, 0.15) is 5.69 Å². The van der Waals surface area contributed by atoms with Crippen molar-refractivity contribution in [3.05, 3.63) is 23.2 Å². The van der Waals surface area contributed by atoms with Gasteiger partial charge in [-0.1, -0.05) is 37.5 Å². The second kappa shape index (κ2) is 5.97. The number of hydrogen-bond donors (Lipinski definition) is 1. The minimum Gasteiger partial charge on any atom is -0.476 e. The summed E-state index contributed by atoms with van der Waals surface area (Å²) < 4.78 is 1.86. The van der Waals surface area contributed by atoms with Crippen LogP contribution in [0.2, 0.25) is 0 Å². The highest BCUT2D eigenvalue weighted by Gasteiger charge is 2.29. The fourth-order valence-electron chi connectivity index (χ4n) is 3.19. The molecule has 21 heavy (non-hydrogen) atoms. The van der Waals surface area contributed by atoms with Gasteiger partial charge in [0.05, 0.1) is 10.9 Å². The summed E-state index contributed by atoms with van der Waals surface area (Å²) in [5.41, 5.74) is 0.732. The molecule has 1 N–H and O–H groups in total. The molecule has 6 heteroatoms. The zero-order valence-electron chi connectivity index (χ0n) is 12.0. The van der Waals surface area contributed by atoms with E-state index in [-0.39, 0.29) is 11.7 Å². The number of carboxylic acid groups (broad SMARTS) is 1. The number of carbonyl (C=O) groups is 1. The van der Waals surface area contributed by atoms with Crippen molar-refractivity contribution in [2.24, 2.45) is 5.92 Å². The van der Waals surface area contributed by atoms with E-state index in [1.807, 2.05) is 22.2 Å². The highest BCUT2D eigenvalue weighted by molar-refractivity contribution is 7.13. The quantitative estimate of drug-likeness (QED) is 0.931. The molecular weight excluding hydrogens is 286 g/mol. The summed E-state index contributed by atoms with van der Waals surface area (Å²) in [6.45, 7) is 2.22. The minimum absolute atomic E-state index is 0.0658.